The first kappa shape index (κ1) is 14.6. The number of nitrogens with two attached hydrogens (primary N) is 1. The number of primary sulfonamides is 1. The molecule has 0 aromatic heterocycles. The Morgan fingerprint density at radius 3 is 2.30 bits per heavy atom. The van der Waals surface area contributed by atoms with Crippen molar-refractivity contribution in [1.82, 2.24) is 5.32 Å². The van der Waals surface area contributed by atoms with Gasteiger partial charge in [0.05, 0.1) is 4.90 Å². The van der Waals surface area contributed by atoms with Crippen LogP contribution in [0.2, 0.25) is 0 Å². The molecule has 0 heterocycles. The maximum Gasteiger partial charge on any atom is 0.238 e. The summed E-state index contributed by atoms with van der Waals surface area (Å²) in [6.45, 7) is 1.07. The second kappa shape index (κ2) is 6.13. The Bertz CT molecular complexity index is 685. The zero-order valence-electron chi connectivity index (χ0n) is 10.7. The number of benzene rings is 2. The topological polar surface area (TPSA) is 72.2 Å². The Hall–Kier alpha value is -1.76. The van der Waals surface area contributed by atoms with Crippen molar-refractivity contribution in [3.8, 4) is 0 Å². The zero-order chi connectivity index (χ0) is 14.6. The van der Waals surface area contributed by atoms with Crippen LogP contribution in [-0.4, -0.2) is 8.42 Å². The molecule has 106 valence electrons. The molecule has 0 atom stereocenters. The molecule has 0 aliphatic heterocycles. The smallest absolute Gasteiger partial charge is 0.238 e. The van der Waals surface area contributed by atoms with E-state index in [9.17, 15) is 12.8 Å². The fraction of sp³-hybridized carbons (Fsp3) is 0.143. The molecule has 2 aromatic rings. The van der Waals surface area contributed by atoms with E-state index < -0.39 is 10.0 Å². The third kappa shape index (κ3) is 4.12. The van der Waals surface area contributed by atoms with Gasteiger partial charge in [-0.1, -0.05) is 24.3 Å². The van der Waals surface area contributed by atoms with E-state index in [2.05, 4.69) is 5.32 Å². The largest absolute Gasteiger partial charge is 0.309 e. The van der Waals surface area contributed by atoms with E-state index in [4.69, 9.17) is 5.14 Å². The van der Waals surface area contributed by atoms with Gasteiger partial charge in [0.25, 0.3) is 0 Å². The fourth-order valence-corrected chi connectivity index (χ4v) is 2.37. The minimum Gasteiger partial charge on any atom is -0.309 e. The first-order chi connectivity index (χ1) is 9.45. The molecule has 0 aliphatic rings. The Balaban J connectivity index is 1.96. The van der Waals surface area contributed by atoms with Crippen LogP contribution in [0, 0.1) is 5.82 Å². The molecule has 6 heteroatoms. The molecule has 0 saturated heterocycles. The quantitative estimate of drug-likeness (QED) is 0.882. The van der Waals surface area contributed by atoms with E-state index in [0.717, 1.165) is 11.1 Å². The molecule has 0 bridgehead atoms. The van der Waals surface area contributed by atoms with E-state index in [0.29, 0.717) is 13.1 Å². The monoisotopic (exact) mass is 294 g/mol. The van der Waals surface area contributed by atoms with Crippen molar-refractivity contribution in [3.05, 3.63) is 65.5 Å². The van der Waals surface area contributed by atoms with Crippen LogP contribution in [0.1, 0.15) is 11.1 Å². The van der Waals surface area contributed by atoms with E-state index in [-0.39, 0.29) is 10.7 Å². The van der Waals surface area contributed by atoms with Gasteiger partial charge in [0.2, 0.25) is 10.0 Å². The van der Waals surface area contributed by atoms with Crippen molar-refractivity contribution in [1.29, 1.82) is 0 Å². The van der Waals surface area contributed by atoms with Gasteiger partial charge in [-0.3, -0.25) is 0 Å². The normalized spacial score (nSPS) is 11.5. The number of halogens is 1. The van der Waals surface area contributed by atoms with Gasteiger partial charge >= 0.3 is 0 Å². The Morgan fingerprint density at radius 2 is 1.65 bits per heavy atom. The Labute approximate surface area is 117 Å². The average Bonchev–Trinajstić information content (AvgIpc) is 2.40. The van der Waals surface area contributed by atoms with Gasteiger partial charge in [-0.2, -0.15) is 0 Å². The fourth-order valence-electron chi connectivity index (χ4n) is 1.79. The molecule has 4 nitrogen and oxygen atoms in total. The van der Waals surface area contributed by atoms with Crippen LogP contribution in [0.15, 0.2) is 53.4 Å². The lowest BCUT2D eigenvalue weighted by molar-refractivity contribution is 0.597. The summed E-state index contributed by atoms with van der Waals surface area (Å²) in [4.78, 5) is 0.0959. The summed E-state index contributed by atoms with van der Waals surface area (Å²) in [5.74, 6) is -0.269. The number of hydrogen-bond acceptors (Lipinski definition) is 3. The predicted octanol–water partition coefficient (Wildman–Crippen LogP) is 1.76. The SMILES string of the molecule is NS(=O)(=O)c1cccc(CNCc2ccc(F)cc2)c1. The lowest BCUT2D eigenvalue weighted by atomic mass is 10.2. The summed E-state index contributed by atoms with van der Waals surface area (Å²) in [5.41, 5.74) is 1.77. The van der Waals surface area contributed by atoms with Crippen molar-refractivity contribution in [3.63, 3.8) is 0 Å². The minimum atomic E-state index is -3.68. The summed E-state index contributed by atoms with van der Waals surface area (Å²) in [6.07, 6.45) is 0. The molecule has 20 heavy (non-hydrogen) atoms. The average molecular weight is 294 g/mol. The molecule has 0 amide bonds. The lowest BCUT2D eigenvalue weighted by Gasteiger charge is -2.06. The van der Waals surface area contributed by atoms with E-state index in [1.54, 1.807) is 18.2 Å². The van der Waals surface area contributed by atoms with Crippen LogP contribution < -0.4 is 10.5 Å². The Morgan fingerprint density at radius 1 is 1.00 bits per heavy atom. The zero-order valence-corrected chi connectivity index (χ0v) is 11.5. The first-order valence-electron chi connectivity index (χ1n) is 6.02. The van der Waals surface area contributed by atoms with E-state index in [1.165, 1.54) is 24.3 Å². The van der Waals surface area contributed by atoms with Gasteiger partial charge in [0, 0.05) is 13.1 Å². The number of nitrogens with one attached hydrogen (secondary N) is 1. The second-order valence-electron chi connectivity index (χ2n) is 4.42. The molecule has 0 saturated carbocycles. The van der Waals surface area contributed by atoms with Crippen LogP contribution in [-0.2, 0) is 23.1 Å². The van der Waals surface area contributed by atoms with Crippen molar-refractivity contribution in [2.24, 2.45) is 5.14 Å². The van der Waals surface area contributed by atoms with Gasteiger partial charge in [-0.15, -0.1) is 0 Å². The van der Waals surface area contributed by atoms with Crippen LogP contribution in [0.3, 0.4) is 0 Å². The van der Waals surface area contributed by atoms with Crippen LogP contribution in [0.25, 0.3) is 0 Å². The van der Waals surface area contributed by atoms with Gasteiger partial charge in [0.15, 0.2) is 0 Å². The molecule has 0 fully saturated rings. The van der Waals surface area contributed by atoms with Crippen LogP contribution in [0.5, 0.6) is 0 Å². The standard InChI is InChI=1S/C14H15FN2O2S/c15-13-6-4-11(5-7-13)9-17-10-12-2-1-3-14(8-12)20(16,18)19/h1-8,17H,9-10H2,(H2,16,18,19). The van der Waals surface area contributed by atoms with Gasteiger partial charge in [0.1, 0.15) is 5.82 Å². The third-order valence-electron chi connectivity index (χ3n) is 2.80. The van der Waals surface area contributed by atoms with E-state index >= 15 is 0 Å². The van der Waals surface area contributed by atoms with Crippen LogP contribution in [0.4, 0.5) is 4.39 Å². The Kier molecular flexibility index (Phi) is 4.49. The number of hydrogen-bond donors (Lipinski definition) is 2. The lowest BCUT2D eigenvalue weighted by Crippen LogP contribution is -2.15. The first-order valence-corrected chi connectivity index (χ1v) is 7.57. The summed E-state index contributed by atoms with van der Waals surface area (Å²) in [5, 5.41) is 8.23. The molecule has 0 aliphatic carbocycles. The van der Waals surface area contributed by atoms with Crippen molar-refractivity contribution in [2.45, 2.75) is 18.0 Å². The molecule has 0 spiro atoms. The second-order valence-corrected chi connectivity index (χ2v) is 5.98. The summed E-state index contributed by atoms with van der Waals surface area (Å²) in [7, 11) is -3.68. The van der Waals surface area contributed by atoms with Crippen molar-refractivity contribution in [2.75, 3.05) is 0 Å². The molecule has 3 N–H and O–H groups in total. The van der Waals surface area contributed by atoms with Crippen molar-refractivity contribution < 1.29 is 12.8 Å². The molecular formula is C14H15FN2O2S. The molecule has 0 unspecified atom stereocenters. The highest BCUT2D eigenvalue weighted by atomic mass is 32.2. The highest BCUT2D eigenvalue weighted by Crippen LogP contribution is 2.10. The van der Waals surface area contributed by atoms with Crippen molar-refractivity contribution >= 4 is 10.0 Å². The number of rotatable bonds is 5. The maximum atomic E-state index is 12.7. The molecular weight excluding hydrogens is 279 g/mol. The van der Waals surface area contributed by atoms with Gasteiger partial charge in [-0.25, -0.2) is 17.9 Å². The van der Waals surface area contributed by atoms with Gasteiger partial charge < -0.3 is 5.32 Å². The molecule has 2 aromatic carbocycles. The summed E-state index contributed by atoms with van der Waals surface area (Å²) < 4.78 is 35.2. The van der Waals surface area contributed by atoms with Crippen LogP contribution >= 0.6 is 0 Å². The third-order valence-corrected chi connectivity index (χ3v) is 3.71. The number of sulfonamides is 1. The maximum absolute atomic E-state index is 12.7. The molecule has 0 radical (unpaired) electrons. The molecule has 2 rings (SSSR count). The summed E-state index contributed by atoms with van der Waals surface area (Å²) in [6, 6.07) is 12.6. The summed E-state index contributed by atoms with van der Waals surface area (Å²) >= 11 is 0. The minimum absolute atomic E-state index is 0.0959. The van der Waals surface area contributed by atoms with Gasteiger partial charge in [-0.05, 0) is 35.4 Å². The highest BCUT2D eigenvalue weighted by Gasteiger charge is 2.07. The highest BCUT2D eigenvalue weighted by molar-refractivity contribution is 7.89. The predicted molar refractivity (Wildman–Crippen MR) is 74.8 cm³/mol. The van der Waals surface area contributed by atoms with E-state index in [1.807, 2.05) is 6.07 Å².